The molecule has 1 aromatic carbocycles. The molecule has 1 fully saturated rings. The molecule has 1 saturated heterocycles. The van der Waals surface area contributed by atoms with Gasteiger partial charge in [-0.05, 0) is 50.5 Å². The van der Waals surface area contributed by atoms with Crippen LogP contribution in [0.2, 0.25) is 0 Å². The first-order valence-corrected chi connectivity index (χ1v) is 12.2. The first-order chi connectivity index (χ1) is 16.3. The Bertz CT molecular complexity index is 1200. The maximum absolute atomic E-state index is 13.2. The van der Waals surface area contributed by atoms with E-state index in [2.05, 4.69) is 72.3 Å². The van der Waals surface area contributed by atoms with E-state index in [0.29, 0.717) is 13.1 Å². The lowest BCUT2D eigenvalue weighted by atomic mass is 9.98. The lowest BCUT2D eigenvalue weighted by Crippen LogP contribution is -2.43. The zero-order valence-corrected chi connectivity index (χ0v) is 20.6. The van der Waals surface area contributed by atoms with Gasteiger partial charge in [-0.1, -0.05) is 18.2 Å². The molecule has 0 bridgehead atoms. The first-order valence-electron chi connectivity index (χ1n) is 12.2. The van der Waals surface area contributed by atoms with Crippen LogP contribution in [0.3, 0.4) is 0 Å². The van der Waals surface area contributed by atoms with E-state index in [9.17, 15) is 4.79 Å². The van der Waals surface area contributed by atoms with Gasteiger partial charge in [0.15, 0.2) is 0 Å². The van der Waals surface area contributed by atoms with Crippen LogP contribution in [-0.4, -0.2) is 58.3 Å². The summed E-state index contributed by atoms with van der Waals surface area (Å²) in [5.74, 6) is 0.0790. The second kappa shape index (κ2) is 8.87. The summed E-state index contributed by atoms with van der Waals surface area (Å²) in [5.41, 5.74) is 7.64. The Balaban J connectivity index is 1.37. The number of benzene rings is 1. The highest BCUT2D eigenvalue weighted by Gasteiger charge is 2.31. The Kier molecular flexibility index (Phi) is 5.90. The molecule has 178 valence electrons. The largest absolute Gasteiger partial charge is 0.367 e. The molecule has 34 heavy (non-hydrogen) atoms. The van der Waals surface area contributed by atoms with Crippen LogP contribution >= 0.6 is 0 Å². The number of rotatable bonds is 4. The van der Waals surface area contributed by atoms with Crippen molar-refractivity contribution in [2.24, 2.45) is 0 Å². The van der Waals surface area contributed by atoms with Crippen LogP contribution in [0.15, 0.2) is 42.9 Å². The van der Waals surface area contributed by atoms with E-state index in [1.165, 1.54) is 27.9 Å². The Hall–Kier alpha value is -3.19. The van der Waals surface area contributed by atoms with Gasteiger partial charge in [-0.25, -0.2) is 0 Å². The second-order valence-electron chi connectivity index (χ2n) is 10.3. The van der Waals surface area contributed by atoms with Gasteiger partial charge in [0.05, 0.1) is 34.9 Å². The van der Waals surface area contributed by atoms with E-state index >= 15 is 0 Å². The summed E-state index contributed by atoms with van der Waals surface area (Å²) >= 11 is 0. The minimum absolute atomic E-state index is 0.0790. The van der Waals surface area contributed by atoms with Crippen LogP contribution < -0.4 is 10.2 Å². The van der Waals surface area contributed by atoms with Gasteiger partial charge in [0, 0.05) is 57.4 Å². The zero-order chi connectivity index (χ0) is 23.9. The average Bonchev–Trinajstić information content (AvgIpc) is 3.28. The van der Waals surface area contributed by atoms with Crippen LogP contribution in [0.25, 0.3) is 11.1 Å². The third kappa shape index (κ3) is 4.20. The van der Waals surface area contributed by atoms with Crippen molar-refractivity contribution in [3.05, 3.63) is 65.2 Å². The van der Waals surface area contributed by atoms with Crippen molar-refractivity contribution in [1.82, 2.24) is 25.0 Å². The van der Waals surface area contributed by atoms with Crippen molar-refractivity contribution in [3.63, 3.8) is 0 Å². The Morgan fingerprint density at radius 1 is 1.03 bits per heavy atom. The normalized spacial score (nSPS) is 16.6. The number of anilines is 1. The van der Waals surface area contributed by atoms with E-state index < -0.39 is 0 Å². The van der Waals surface area contributed by atoms with E-state index in [0.717, 1.165) is 43.9 Å². The van der Waals surface area contributed by atoms with E-state index in [4.69, 9.17) is 0 Å². The number of aromatic nitrogens is 3. The number of carbonyl (C=O) groups excluding carboxylic acids is 1. The molecular formula is C27H34N6O. The number of pyridine rings is 1. The molecule has 7 heteroatoms. The summed E-state index contributed by atoms with van der Waals surface area (Å²) in [5, 5.41) is 7.94. The lowest BCUT2D eigenvalue weighted by Gasteiger charge is -2.31. The van der Waals surface area contributed by atoms with Crippen molar-refractivity contribution in [3.8, 4) is 11.1 Å². The number of aryl methyl sites for hydroxylation is 1. The SMILES string of the molecule is Cc1cc(-c2ccncc2N2CCNCC2)ccc1CN1CCc2c(cnn2C(C)(C)C)C1=O. The fourth-order valence-corrected chi connectivity index (χ4v) is 5.07. The molecule has 7 nitrogen and oxygen atoms in total. The van der Waals surface area contributed by atoms with Gasteiger partial charge >= 0.3 is 0 Å². The van der Waals surface area contributed by atoms with Gasteiger partial charge in [-0.3, -0.25) is 14.5 Å². The van der Waals surface area contributed by atoms with Crippen molar-refractivity contribution in [2.45, 2.75) is 46.2 Å². The van der Waals surface area contributed by atoms with Gasteiger partial charge in [0.25, 0.3) is 5.91 Å². The summed E-state index contributed by atoms with van der Waals surface area (Å²) < 4.78 is 2.00. The van der Waals surface area contributed by atoms with Gasteiger partial charge in [0.1, 0.15) is 0 Å². The van der Waals surface area contributed by atoms with E-state index in [1.54, 1.807) is 6.20 Å². The Morgan fingerprint density at radius 2 is 1.82 bits per heavy atom. The number of piperazine rings is 1. The van der Waals surface area contributed by atoms with E-state index in [1.807, 2.05) is 22.0 Å². The van der Waals surface area contributed by atoms with Crippen molar-refractivity contribution in [1.29, 1.82) is 0 Å². The molecule has 0 saturated carbocycles. The molecule has 3 aromatic rings. The molecule has 0 spiro atoms. The van der Waals surface area contributed by atoms with Crippen LogP contribution in [-0.2, 0) is 18.5 Å². The number of hydrogen-bond donors (Lipinski definition) is 1. The fourth-order valence-electron chi connectivity index (χ4n) is 5.07. The van der Waals surface area contributed by atoms with Crippen LogP contribution in [0, 0.1) is 6.92 Å². The van der Waals surface area contributed by atoms with Crippen molar-refractivity contribution < 1.29 is 4.79 Å². The minimum Gasteiger partial charge on any atom is -0.367 e. The molecule has 2 aliphatic rings. The van der Waals surface area contributed by atoms with Crippen LogP contribution in [0.4, 0.5) is 5.69 Å². The number of amides is 1. The molecular weight excluding hydrogens is 424 g/mol. The highest BCUT2D eigenvalue weighted by molar-refractivity contribution is 5.96. The molecule has 1 N–H and O–H groups in total. The number of hydrogen-bond acceptors (Lipinski definition) is 5. The standard InChI is InChI=1S/C27H34N6O/c1-19-15-20(22-7-9-29-17-25(22)31-13-10-28-11-14-31)5-6-21(19)18-32-12-8-24-23(26(32)34)16-30-33(24)27(2,3)4/h5-7,9,15-17,28H,8,10-14,18H2,1-4H3. The number of nitrogens with zero attached hydrogens (tertiary/aromatic N) is 5. The third-order valence-electron chi connectivity index (χ3n) is 6.91. The van der Waals surface area contributed by atoms with Gasteiger partial charge in [-0.15, -0.1) is 0 Å². The van der Waals surface area contributed by atoms with Gasteiger partial charge in [0.2, 0.25) is 0 Å². The van der Waals surface area contributed by atoms with Crippen LogP contribution in [0.5, 0.6) is 0 Å². The monoisotopic (exact) mass is 458 g/mol. The molecule has 5 rings (SSSR count). The molecule has 4 heterocycles. The number of fused-ring (bicyclic) bond motifs is 1. The number of nitrogens with one attached hydrogen (secondary N) is 1. The Labute approximate surface area is 201 Å². The summed E-state index contributed by atoms with van der Waals surface area (Å²) in [7, 11) is 0. The molecule has 2 aromatic heterocycles. The van der Waals surface area contributed by atoms with Gasteiger partial charge in [-0.2, -0.15) is 5.10 Å². The average molecular weight is 459 g/mol. The maximum Gasteiger partial charge on any atom is 0.257 e. The third-order valence-corrected chi connectivity index (χ3v) is 6.91. The highest BCUT2D eigenvalue weighted by atomic mass is 16.2. The predicted molar refractivity (Wildman–Crippen MR) is 135 cm³/mol. The van der Waals surface area contributed by atoms with Crippen molar-refractivity contribution in [2.75, 3.05) is 37.6 Å². The predicted octanol–water partition coefficient (Wildman–Crippen LogP) is 3.62. The first kappa shape index (κ1) is 22.6. The number of carbonyl (C=O) groups is 1. The smallest absolute Gasteiger partial charge is 0.257 e. The summed E-state index contributed by atoms with van der Waals surface area (Å²) in [4.78, 5) is 22.0. The maximum atomic E-state index is 13.2. The topological polar surface area (TPSA) is 66.3 Å². The molecule has 0 aliphatic carbocycles. The quantitative estimate of drug-likeness (QED) is 0.647. The molecule has 0 unspecified atom stereocenters. The minimum atomic E-state index is -0.126. The van der Waals surface area contributed by atoms with E-state index in [-0.39, 0.29) is 11.4 Å². The zero-order valence-electron chi connectivity index (χ0n) is 20.6. The molecule has 0 atom stereocenters. The summed E-state index contributed by atoms with van der Waals surface area (Å²) in [6, 6.07) is 8.71. The second-order valence-corrected chi connectivity index (χ2v) is 10.3. The molecule has 0 radical (unpaired) electrons. The Morgan fingerprint density at radius 3 is 2.56 bits per heavy atom. The summed E-state index contributed by atoms with van der Waals surface area (Å²) in [6.07, 6.45) is 6.42. The molecule has 2 aliphatic heterocycles. The fraction of sp³-hybridized carbons (Fsp3) is 0.444. The van der Waals surface area contributed by atoms with Crippen molar-refractivity contribution >= 4 is 11.6 Å². The van der Waals surface area contributed by atoms with Crippen LogP contribution in [0.1, 0.15) is 48.0 Å². The van der Waals surface area contributed by atoms with Gasteiger partial charge < -0.3 is 15.1 Å². The lowest BCUT2D eigenvalue weighted by molar-refractivity contribution is 0.0723. The molecule has 1 amide bonds. The highest BCUT2D eigenvalue weighted by Crippen LogP contribution is 2.32. The summed E-state index contributed by atoms with van der Waals surface area (Å²) in [6.45, 7) is 13.8.